The normalized spacial score (nSPS) is 11.4. The van der Waals surface area contributed by atoms with Crippen LogP contribution >= 0.6 is 0 Å². The highest BCUT2D eigenvalue weighted by Crippen LogP contribution is 2.43. The van der Waals surface area contributed by atoms with Gasteiger partial charge in [-0.25, -0.2) is 0 Å². The second-order valence-corrected chi connectivity index (χ2v) is 16.2. The summed E-state index contributed by atoms with van der Waals surface area (Å²) in [5.41, 5.74) is 16.2. The highest BCUT2D eigenvalue weighted by atomic mass is 16.3. The van der Waals surface area contributed by atoms with Gasteiger partial charge in [-0.2, -0.15) is 0 Å². The minimum Gasteiger partial charge on any atom is -0.455 e. The summed E-state index contributed by atoms with van der Waals surface area (Å²) in [6.07, 6.45) is 0. The predicted molar refractivity (Wildman–Crippen MR) is 268 cm³/mol. The first-order chi connectivity index (χ1) is 31.7. The number of nitrogens with zero attached hydrogens (tertiary/aromatic N) is 3. The second kappa shape index (κ2) is 15.7. The summed E-state index contributed by atoms with van der Waals surface area (Å²) in [5.74, 6) is 0. The number of para-hydroxylation sites is 6. The fraction of sp³-hybridized carbons (Fsp3) is 0. The molecule has 0 aliphatic carbocycles. The Morgan fingerprint density at radius 2 is 0.719 bits per heavy atom. The highest BCUT2D eigenvalue weighted by molar-refractivity contribution is 6.23. The van der Waals surface area contributed by atoms with E-state index < -0.39 is 0 Å². The average molecular weight is 820 g/mol. The smallest absolute Gasteiger partial charge is 0.145 e. The SMILES string of the molecule is c1ccc(N(c2ccccc2)c2ccc(-c3cc(-c4ccc(N(c5ccccc5)c5ccccc5)cc4)cc(-n4c5ccccc5c5c6oc7ccccc7c6ccc54)c3)cc2)cc1. The molecule has 0 aliphatic rings. The molecule has 0 amide bonds. The molecule has 0 fully saturated rings. The minimum atomic E-state index is 0.897. The largest absolute Gasteiger partial charge is 0.455 e. The van der Waals surface area contributed by atoms with Gasteiger partial charge in [0.1, 0.15) is 11.2 Å². The van der Waals surface area contributed by atoms with E-state index in [0.29, 0.717) is 0 Å². The molecule has 0 radical (unpaired) electrons. The minimum absolute atomic E-state index is 0.897. The van der Waals surface area contributed by atoms with E-state index in [4.69, 9.17) is 4.42 Å². The fourth-order valence-electron chi connectivity index (χ4n) is 9.40. The van der Waals surface area contributed by atoms with Crippen LogP contribution in [0.5, 0.6) is 0 Å². The zero-order valence-electron chi connectivity index (χ0n) is 34.9. The maximum Gasteiger partial charge on any atom is 0.145 e. The first-order valence-corrected chi connectivity index (χ1v) is 21.8. The summed E-state index contributed by atoms with van der Waals surface area (Å²) >= 11 is 0. The number of rotatable bonds is 9. The van der Waals surface area contributed by atoms with E-state index >= 15 is 0 Å². The molecule has 12 aromatic rings. The molecule has 0 N–H and O–H groups in total. The van der Waals surface area contributed by atoms with Crippen molar-refractivity contribution < 1.29 is 4.42 Å². The lowest BCUT2D eigenvalue weighted by Gasteiger charge is -2.25. The van der Waals surface area contributed by atoms with Gasteiger partial charge in [-0.15, -0.1) is 0 Å². The van der Waals surface area contributed by atoms with E-state index in [9.17, 15) is 0 Å². The van der Waals surface area contributed by atoms with Crippen LogP contribution in [0.4, 0.5) is 34.1 Å². The van der Waals surface area contributed by atoms with Gasteiger partial charge < -0.3 is 18.8 Å². The van der Waals surface area contributed by atoms with E-state index in [1.165, 1.54) is 0 Å². The Balaban J connectivity index is 1.03. The maximum atomic E-state index is 6.68. The van der Waals surface area contributed by atoms with Gasteiger partial charge in [0, 0.05) is 56.0 Å². The summed E-state index contributed by atoms with van der Waals surface area (Å²) in [5, 5.41) is 4.53. The molecule has 0 saturated heterocycles. The van der Waals surface area contributed by atoms with Crippen LogP contribution in [0.2, 0.25) is 0 Å². The van der Waals surface area contributed by atoms with E-state index in [-0.39, 0.29) is 0 Å². The predicted octanol–water partition coefficient (Wildman–Crippen LogP) is 17.0. The van der Waals surface area contributed by atoms with Crippen LogP contribution in [0.3, 0.4) is 0 Å². The van der Waals surface area contributed by atoms with Gasteiger partial charge >= 0.3 is 0 Å². The van der Waals surface area contributed by atoms with E-state index in [1.807, 2.05) is 6.07 Å². The maximum absolute atomic E-state index is 6.68. The van der Waals surface area contributed by atoms with E-state index in [1.54, 1.807) is 0 Å². The van der Waals surface area contributed by atoms with Crippen molar-refractivity contribution in [3.63, 3.8) is 0 Å². The summed E-state index contributed by atoms with van der Waals surface area (Å²) in [7, 11) is 0. The van der Waals surface area contributed by atoms with E-state index in [2.05, 4.69) is 257 Å². The van der Waals surface area contributed by atoms with Crippen molar-refractivity contribution in [2.45, 2.75) is 0 Å². The van der Waals surface area contributed by atoms with Crippen LogP contribution in [-0.4, -0.2) is 4.57 Å². The molecule has 0 unspecified atom stereocenters. The Hall–Kier alpha value is -8.60. The Morgan fingerprint density at radius 1 is 0.297 bits per heavy atom. The van der Waals surface area contributed by atoms with Crippen molar-refractivity contribution in [1.29, 1.82) is 0 Å². The van der Waals surface area contributed by atoms with Crippen molar-refractivity contribution >= 4 is 77.9 Å². The number of furan rings is 1. The molecule has 10 aromatic carbocycles. The van der Waals surface area contributed by atoms with Crippen molar-refractivity contribution in [2.75, 3.05) is 9.80 Å². The molecule has 0 spiro atoms. The van der Waals surface area contributed by atoms with Crippen LogP contribution in [0.15, 0.2) is 253 Å². The van der Waals surface area contributed by atoms with Crippen molar-refractivity contribution in [1.82, 2.24) is 4.57 Å². The monoisotopic (exact) mass is 819 g/mol. The molecule has 4 heteroatoms. The molecule has 4 nitrogen and oxygen atoms in total. The van der Waals surface area contributed by atoms with Gasteiger partial charge in [0.15, 0.2) is 0 Å². The molecule has 2 heterocycles. The van der Waals surface area contributed by atoms with Gasteiger partial charge in [0.2, 0.25) is 0 Å². The summed E-state index contributed by atoms with van der Waals surface area (Å²) < 4.78 is 9.09. The van der Waals surface area contributed by atoms with Crippen LogP contribution in [0, 0.1) is 0 Å². The van der Waals surface area contributed by atoms with Gasteiger partial charge in [-0.05, 0) is 138 Å². The third-order valence-corrected chi connectivity index (χ3v) is 12.3. The average Bonchev–Trinajstić information content (AvgIpc) is 3.92. The summed E-state index contributed by atoms with van der Waals surface area (Å²) in [4.78, 5) is 4.61. The number of benzene rings is 10. The molecular weight excluding hydrogens is 779 g/mol. The number of fused-ring (bicyclic) bond motifs is 7. The van der Waals surface area contributed by atoms with Crippen molar-refractivity contribution in [2.24, 2.45) is 0 Å². The first-order valence-electron chi connectivity index (χ1n) is 21.8. The molecule has 0 atom stereocenters. The third kappa shape index (κ3) is 6.48. The van der Waals surface area contributed by atoms with Gasteiger partial charge in [0.25, 0.3) is 0 Å². The van der Waals surface area contributed by atoms with Gasteiger partial charge in [-0.1, -0.05) is 133 Å². The standard InChI is InChI=1S/C60H41N3O/c1-5-17-46(18-6-1)61(47-19-7-2-8-20-47)50-33-29-42(30-34-50)44-39-45(43-31-35-51(36-32-43)62(48-21-9-3-10-22-48)49-23-11-4-12-24-49)41-52(40-44)63-56-27-15-13-26-55(56)59-57(63)38-37-54-53-25-14-16-28-58(53)64-60(54)59/h1-41H. The van der Waals surface area contributed by atoms with E-state index in [0.717, 1.165) is 106 Å². The Labute approximate surface area is 371 Å². The third-order valence-electron chi connectivity index (χ3n) is 12.3. The number of hydrogen-bond donors (Lipinski definition) is 0. The molecule has 0 saturated carbocycles. The summed E-state index contributed by atoms with van der Waals surface area (Å²) in [6, 6.07) is 88.7. The molecule has 12 rings (SSSR count). The fourth-order valence-corrected chi connectivity index (χ4v) is 9.40. The van der Waals surface area contributed by atoms with Crippen LogP contribution in [0.1, 0.15) is 0 Å². The van der Waals surface area contributed by atoms with Crippen LogP contribution in [0.25, 0.3) is 71.7 Å². The summed E-state index contributed by atoms with van der Waals surface area (Å²) in [6.45, 7) is 0. The molecule has 0 aliphatic heterocycles. The zero-order valence-corrected chi connectivity index (χ0v) is 34.9. The van der Waals surface area contributed by atoms with Crippen LogP contribution in [-0.2, 0) is 0 Å². The zero-order chi connectivity index (χ0) is 42.4. The molecular formula is C60H41N3O. The molecule has 302 valence electrons. The van der Waals surface area contributed by atoms with Gasteiger partial charge in [0.05, 0.1) is 16.4 Å². The lowest BCUT2D eigenvalue weighted by atomic mass is 9.97. The molecule has 64 heavy (non-hydrogen) atoms. The Bertz CT molecular complexity index is 3360. The Morgan fingerprint density at radius 3 is 1.22 bits per heavy atom. The number of hydrogen-bond acceptors (Lipinski definition) is 3. The topological polar surface area (TPSA) is 24.6 Å². The second-order valence-electron chi connectivity index (χ2n) is 16.2. The van der Waals surface area contributed by atoms with Crippen molar-refractivity contribution in [3.8, 4) is 27.9 Å². The number of anilines is 6. The number of aromatic nitrogens is 1. The molecule has 2 aromatic heterocycles. The molecule has 0 bridgehead atoms. The Kier molecular flexibility index (Phi) is 9.12. The highest BCUT2D eigenvalue weighted by Gasteiger charge is 2.20. The van der Waals surface area contributed by atoms with Crippen LogP contribution < -0.4 is 9.80 Å². The van der Waals surface area contributed by atoms with Gasteiger partial charge in [-0.3, -0.25) is 0 Å². The lowest BCUT2D eigenvalue weighted by Crippen LogP contribution is -2.09. The lowest BCUT2D eigenvalue weighted by molar-refractivity contribution is 0.673. The quantitative estimate of drug-likeness (QED) is 0.145. The first kappa shape index (κ1) is 37.2. The van der Waals surface area contributed by atoms with Crippen molar-refractivity contribution in [3.05, 3.63) is 249 Å².